The summed E-state index contributed by atoms with van der Waals surface area (Å²) < 4.78 is 4.93. The first-order chi connectivity index (χ1) is 14.0. The number of anilines is 2. The maximum atomic E-state index is 12.4. The summed E-state index contributed by atoms with van der Waals surface area (Å²) in [5, 5.41) is 2.74. The maximum absolute atomic E-state index is 12.4. The second-order valence-corrected chi connectivity index (χ2v) is 6.52. The van der Waals surface area contributed by atoms with Gasteiger partial charge in [-0.1, -0.05) is 0 Å². The fraction of sp³-hybridized carbons (Fsp3) is 0.350. The van der Waals surface area contributed by atoms with E-state index in [9.17, 15) is 14.4 Å². The van der Waals surface area contributed by atoms with E-state index >= 15 is 0 Å². The fourth-order valence-electron chi connectivity index (χ4n) is 2.93. The lowest BCUT2D eigenvalue weighted by Gasteiger charge is -2.34. The van der Waals surface area contributed by atoms with Crippen LogP contribution in [0.5, 0.6) is 0 Å². The number of piperazine rings is 1. The molecule has 1 N–H and O–H groups in total. The SMILES string of the molecule is CCOC(=O)c1ccc(NC(=O)c2cnc(N3CCN(C(C)=O)CC3)nc2)cc1. The van der Waals surface area contributed by atoms with Crippen LogP contribution in [0.4, 0.5) is 11.6 Å². The molecule has 1 aromatic carbocycles. The van der Waals surface area contributed by atoms with Crippen molar-refractivity contribution in [2.45, 2.75) is 13.8 Å². The molecule has 3 rings (SSSR count). The van der Waals surface area contributed by atoms with E-state index in [1.54, 1.807) is 43.0 Å². The minimum Gasteiger partial charge on any atom is -0.462 e. The van der Waals surface area contributed by atoms with Crippen molar-refractivity contribution in [2.24, 2.45) is 0 Å². The predicted molar refractivity (Wildman–Crippen MR) is 107 cm³/mol. The van der Waals surface area contributed by atoms with E-state index in [-0.39, 0.29) is 11.8 Å². The molecule has 0 spiro atoms. The van der Waals surface area contributed by atoms with Crippen molar-refractivity contribution < 1.29 is 19.1 Å². The number of hydrogen-bond acceptors (Lipinski definition) is 7. The Balaban J connectivity index is 1.58. The summed E-state index contributed by atoms with van der Waals surface area (Å²) in [6.07, 6.45) is 2.95. The number of aromatic nitrogens is 2. The summed E-state index contributed by atoms with van der Waals surface area (Å²) in [4.78, 5) is 47.8. The van der Waals surface area contributed by atoms with E-state index in [1.165, 1.54) is 12.4 Å². The standard InChI is InChI=1S/C20H23N5O4/c1-3-29-19(28)15-4-6-17(7-5-15)23-18(27)16-12-21-20(22-13-16)25-10-8-24(9-11-25)14(2)26/h4-7,12-13H,3,8-11H2,1-2H3,(H,23,27). The molecule has 2 amide bonds. The molecule has 29 heavy (non-hydrogen) atoms. The van der Waals surface area contributed by atoms with Crippen LogP contribution in [0.2, 0.25) is 0 Å². The van der Waals surface area contributed by atoms with Gasteiger partial charge in [0.25, 0.3) is 5.91 Å². The summed E-state index contributed by atoms with van der Waals surface area (Å²) >= 11 is 0. The quantitative estimate of drug-likeness (QED) is 0.764. The van der Waals surface area contributed by atoms with Crippen LogP contribution in [0.15, 0.2) is 36.7 Å². The molecule has 152 valence electrons. The van der Waals surface area contributed by atoms with Gasteiger partial charge >= 0.3 is 5.97 Å². The number of esters is 1. The van der Waals surface area contributed by atoms with Gasteiger partial charge in [-0.15, -0.1) is 0 Å². The van der Waals surface area contributed by atoms with Crippen LogP contribution in [0, 0.1) is 0 Å². The maximum Gasteiger partial charge on any atom is 0.338 e. The smallest absolute Gasteiger partial charge is 0.338 e. The van der Waals surface area contributed by atoms with Crippen LogP contribution < -0.4 is 10.2 Å². The van der Waals surface area contributed by atoms with Crippen LogP contribution in [-0.2, 0) is 9.53 Å². The lowest BCUT2D eigenvalue weighted by molar-refractivity contribution is -0.129. The van der Waals surface area contributed by atoms with Crippen LogP contribution >= 0.6 is 0 Å². The number of ether oxygens (including phenoxy) is 1. The van der Waals surface area contributed by atoms with Gasteiger partial charge in [0.2, 0.25) is 11.9 Å². The van der Waals surface area contributed by atoms with Gasteiger partial charge in [-0.2, -0.15) is 0 Å². The summed E-state index contributed by atoms with van der Waals surface area (Å²) in [5.41, 5.74) is 1.29. The Hall–Kier alpha value is -3.49. The van der Waals surface area contributed by atoms with Gasteiger partial charge < -0.3 is 19.9 Å². The van der Waals surface area contributed by atoms with Gasteiger partial charge in [0.15, 0.2) is 0 Å². The highest BCUT2D eigenvalue weighted by molar-refractivity contribution is 6.04. The monoisotopic (exact) mass is 397 g/mol. The zero-order valence-electron chi connectivity index (χ0n) is 16.4. The van der Waals surface area contributed by atoms with Crippen molar-refractivity contribution in [3.63, 3.8) is 0 Å². The van der Waals surface area contributed by atoms with E-state index in [2.05, 4.69) is 15.3 Å². The highest BCUT2D eigenvalue weighted by atomic mass is 16.5. The van der Waals surface area contributed by atoms with Crippen molar-refractivity contribution in [1.82, 2.24) is 14.9 Å². The third-order valence-electron chi connectivity index (χ3n) is 4.56. The minimum atomic E-state index is -0.404. The van der Waals surface area contributed by atoms with E-state index < -0.39 is 5.97 Å². The van der Waals surface area contributed by atoms with E-state index in [1.807, 2.05) is 4.90 Å². The molecule has 2 heterocycles. The van der Waals surface area contributed by atoms with Crippen molar-refractivity contribution in [3.05, 3.63) is 47.8 Å². The van der Waals surface area contributed by atoms with Crippen molar-refractivity contribution >= 4 is 29.4 Å². The molecule has 2 aromatic rings. The number of carbonyl (C=O) groups excluding carboxylic acids is 3. The Bertz CT molecular complexity index is 875. The highest BCUT2D eigenvalue weighted by Crippen LogP contribution is 2.14. The van der Waals surface area contributed by atoms with Crippen LogP contribution in [0.3, 0.4) is 0 Å². The average Bonchev–Trinajstić information content (AvgIpc) is 2.74. The Morgan fingerprint density at radius 2 is 1.62 bits per heavy atom. The molecule has 1 aliphatic heterocycles. The Labute approximate surface area is 168 Å². The van der Waals surface area contributed by atoms with Crippen molar-refractivity contribution in [3.8, 4) is 0 Å². The van der Waals surface area contributed by atoms with Gasteiger partial charge in [0, 0.05) is 51.2 Å². The molecule has 9 heteroatoms. The molecule has 1 fully saturated rings. The third kappa shape index (κ3) is 5.07. The number of hydrogen-bond donors (Lipinski definition) is 1. The van der Waals surface area contributed by atoms with E-state index in [0.717, 1.165) is 0 Å². The summed E-state index contributed by atoms with van der Waals surface area (Å²) in [7, 11) is 0. The molecule has 0 unspecified atom stereocenters. The number of amides is 2. The summed E-state index contributed by atoms with van der Waals surface area (Å²) in [6, 6.07) is 6.45. The number of benzene rings is 1. The second kappa shape index (κ2) is 9.13. The molecule has 0 atom stereocenters. The molecule has 0 aliphatic carbocycles. The molecule has 1 aliphatic rings. The molecule has 1 saturated heterocycles. The minimum absolute atomic E-state index is 0.0628. The molecule has 0 radical (unpaired) electrons. The number of nitrogens with one attached hydrogen (secondary N) is 1. The molecule has 9 nitrogen and oxygen atoms in total. The number of carbonyl (C=O) groups is 3. The molecule has 0 bridgehead atoms. The normalized spacial score (nSPS) is 13.7. The Morgan fingerprint density at radius 1 is 1.00 bits per heavy atom. The molecular weight excluding hydrogens is 374 g/mol. The average molecular weight is 397 g/mol. The summed E-state index contributed by atoms with van der Waals surface area (Å²) in [6.45, 7) is 6.16. The van der Waals surface area contributed by atoms with Crippen LogP contribution in [0.1, 0.15) is 34.6 Å². The van der Waals surface area contributed by atoms with Crippen LogP contribution in [-0.4, -0.2) is 65.4 Å². The summed E-state index contributed by atoms with van der Waals surface area (Å²) in [5.74, 6) is -0.156. The molecular formula is C20H23N5O4. The zero-order chi connectivity index (χ0) is 20.8. The third-order valence-corrected chi connectivity index (χ3v) is 4.56. The zero-order valence-corrected chi connectivity index (χ0v) is 16.4. The van der Waals surface area contributed by atoms with E-state index in [4.69, 9.17) is 4.74 Å². The van der Waals surface area contributed by atoms with Crippen molar-refractivity contribution in [1.29, 1.82) is 0 Å². The number of nitrogens with zero attached hydrogens (tertiary/aromatic N) is 4. The Morgan fingerprint density at radius 3 is 2.17 bits per heavy atom. The van der Waals surface area contributed by atoms with Gasteiger partial charge in [-0.05, 0) is 31.2 Å². The largest absolute Gasteiger partial charge is 0.462 e. The van der Waals surface area contributed by atoms with Crippen LogP contribution in [0.25, 0.3) is 0 Å². The highest BCUT2D eigenvalue weighted by Gasteiger charge is 2.20. The topological polar surface area (TPSA) is 105 Å². The molecule has 1 aromatic heterocycles. The van der Waals surface area contributed by atoms with Gasteiger partial charge in [-0.3, -0.25) is 9.59 Å². The van der Waals surface area contributed by atoms with Gasteiger partial charge in [0.1, 0.15) is 0 Å². The lowest BCUT2D eigenvalue weighted by Crippen LogP contribution is -2.48. The Kier molecular flexibility index (Phi) is 6.38. The first-order valence-electron chi connectivity index (χ1n) is 9.39. The van der Waals surface area contributed by atoms with Crippen molar-refractivity contribution in [2.75, 3.05) is 43.0 Å². The predicted octanol–water partition coefficient (Wildman–Crippen LogP) is 1.57. The first kappa shape index (κ1) is 20.2. The number of rotatable bonds is 5. The van der Waals surface area contributed by atoms with E-state index in [0.29, 0.717) is 55.5 Å². The van der Waals surface area contributed by atoms with Gasteiger partial charge in [0.05, 0.1) is 17.7 Å². The fourth-order valence-corrected chi connectivity index (χ4v) is 2.93. The first-order valence-corrected chi connectivity index (χ1v) is 9.39. The second-order valence-electron chi connectivity index (χ2n) is 6.52. The lowest BCUT2D eigenvalue weighted by atomic mass is 10.2. The van der Waals surface area contributed by atoms with Gasteiger partial charge in [-0.25, -0.2) is 14.8 Å². The molecule has 0 saturated carbocycles.